The number of carbonyl (C=O) groups excluding carboxylic acids is 3. The molecule has 28 heavy (non-hydrogen) atoms. The van der Waals surface area contributed by atoms with Crippen LogP contribution in [0.15, 0.2) is 65.4 Å². The monoisotopic (exact) mass is 436 g/mol. The number of anilines is 3. The molecule has 7 nitrogen and oxygen atoms in total. The van der Waals surface area contributed by atoms with Gasteiger partial charge in [0.25, 0.3) is 11.8 Å². The third-order valence-electron chi connectivity index (χ3n) is 4.26. The van der Waals surface area contributed by atoms with Gasteiger partial charge in [0.1, 0.15) is 6.33 Å². The second-order valence-electron chi connectivity index (χ2n) is 6.08. The maximum atomic E-state index is 12.5. The molecule has 138 valence electrons. The molecule has 0 radical (unpaired) electrons. The van der Waals surface area contributed by atoms with Crippen LogP contribution in [-0.2, 0) is 14.4 Å². The summed E-state index contributed by atoms with van der Waals surface area (Å²) in [6.45, 7) is 1.44. The first-order chi connectivity index (χ1) is 13.5. The third kappa shape index (κ3) is 3.07. The highest BCUT2D eigenvalue weighted by Crippen LogP contribution is 2.33. The predicted molar refractivity (Wildman–Crippen MR) is 108 cm³/mol. The Kier molecular flexibility index (Phi) is 4.48. The molecule has 0 saturated heterocycles. The first-order valence-corrected chi connectivity index (χ1v) is 9.12. The van der Waals surface area contributed by atoms with E-state index < -0.39 is 11.8 Å². The number of benzene rings is 2. The van der Waals surface area contributed by atoms with Crippen LogP contribution in [0.25, 0.3) is 10.9 Å². The minimum Gasteiger partial charge on any atom is -0.274 e. The molecule has 4 rings (SSSR count). The number of nitrogens with zero attached hydrogens (tertiary/aromatic N) is 4. The molecular weight excluding hydrogens is 424 g/mol. The van der Waals surface area contributed by atoms with Crippen LogP contribution in [0.4, 0.5) is 17.2 Å². The average Bonchev–Trinajstić information content (AvgIpc) is 3.00. The van der Waals surface area contributed by atoms with Crippen molar-refractivity contribution >= 4 is 61.7 Å². The molecule has 8 heteroatoms. The molecule has 3 aromatic rings. The van der Waals surface area contributed by atoms with E-state index in [9.17, 15) is 14.4 Å². The highest BCUT2D eigenvalue weighted by molar-refractivity contribution is 9.10. The summed E-state index contributed by atoms with van der Waals surface area (Å²) in [6.07, 6.45) is 3.82. The lowest BCUT2D eigenvalue weighted by molar-refractivity contribution is -0.120. The van der Waals surface area contributed by atoms with Gasteiger partial charge in [-0.05, 0) is 36.4 Å². The Bertz CT molecular complexity index is 1160. The molecular formula is C20H13BrN4O3. The average molecular weight is 437 g/mol. The lowest BCUT2D eigenvalue weighted by atomic mass is 10.1. The Labute approximate surface area is 168 Å². The van der Waals surface area contributed by atoms with E-state index in [2.05, 4.69) is 25.9 Å². The molecule has 0 fully saturated rings. The van der Waals surface area contributed by atoms with Gasteiger partial charge >= 0.3 is 0 Å². The van der Waals surface area contributed by atoms with E-state index in [1.54, 1.807) is 30.3 Å². The van der Waals surface area contributed by atoms with Crippen molar-refractivity contribution < 1.29 is 14.4 Å². The van der Waals surface area contributed by atoms with Crippen molar-refractivity contribution in [3.63, 3.8) is 0 Å². The standard InChI is InChI=1S/C20H13BrN4O3/c1-12(26)24(14-4-2-3-13(21)9-14)20-16-10-15(5-6-17(16)22-11-23-20)25-18(27)7-8-19(25)28/h2-11H,1H3. The van der Waals surface area contributed by atoms with E-state index in [1.165, 1.54) is 30.3 Å². The second kappa shape index (κ2) is 6.97. The lowest BCUT2D eigenvalue weighted by Gasteiger charge is -2.22. The summed E-state index contributed by atoms with van der Waals surface area (Å²) in [4.78, 5) is 47.6. The molecule has 1 aliphatic rings. The third-order valence-corrected chi connectivity index (χ3v) is 4.75. The Hall–Kier alpha value is -3.39. The maximum Gasteiger partial charge on any atom is 0.258 e. The Morgan fingerprint density at radius 3 is 2.46 bits per heavy atom. The Morgan fingerprint density at radius 2 is 1.79 bits per heavy atom. The van der Waals surface area contributed by atoms with Crippen molar-refractivity contribution in [2.75, 3.05) is 9.80 Å². The fourth-order valence-electron chi connectivity index (χ4n) is 3.07. The SMILES string of the molecule is CC(=O)N(c1cccc(Br)c1)c1ncnc2ccc(N3C(=O)C=CC3=O)cc12. The quantitative estimate of drug-likeness (QED) is 0.586. The molecule has 0 unspecified atom stereocenters. The lowest BCUT2D eigenvalue weighted by Crippen LogP contribution is -2.29. The summed E-state index contributed by atoms with van der Waals surface area (Å²) in [7, 11) is 0. The molecule has 2 heterocycles. The van der Waals surface area contributed by atoms with Gasteiger partial charge in [-0.1, -0.05) is 22.0 Å². The number of amides is 3. The van der Waals surface area contributed by atoms with Gasteiger partial charge in [0, 0.05) is 28.9 Å². The molecule has 0 N–H and O–H groups in total. The van der Waals surface area contributed by atoms with Gasteiger partial charge in [0.05, 0.1) is 16.9 Å². The van der Waals surface area contributed by atoms with E-state index in [1.807, 2.05) is 12.1 Å². The minimum atomic E-state index is -0.418. The summed E-state index contributed by atoms with van der Waals surface area (Å²) in [6, 6.07) is 12.2. The van der Waals surface area contributed by atoms with Gasteiger partial charge in [-0.3, -0.25) is 19.3 Å². The molecule has 0 saturated carbocycles. The van der Waals surface area contributed by atoms with Crippen molar-refractivity contribution in [3.05, 3.63) is 65.4 Å². The molecule has 0 atom stereocenters. The van der Waals surface area contributed by atoms with E-state index in [0.29, 0.717) is 28.1 Å². The zero-order valence-electron chi connectivity index (χ0n) is 14.7. The molecule has 2 aromatic carbocycles. The summed E-state index contributed by atoms with van der Waals surface area (Å²) >= 11 is 3.41. The summed E-state index contributed by atoms with van der Waals surface area (Å²) in [5, 5.41) is 0.544. The number of halogens is 1. The van der Waals surface area contributed by atoms with Gasteiger partial charge < -0.3 is 0 Å². The van der Waals surface area contributed by atoms with Crippen molar-refractivity contribution in [2.45, 2.75) is 6.92 Å². The number of hydrogen-bond acceptors (Lipinski definition) is 5. The van der Waals surface area contributed by atoms with E-state index >= 15 is 0 Å². The Balaban J connectivity index is 1.90. The van der Waals surface area contributed by atoms with Crippen LogP contribution in [-0.4, -0.2) is 27.7 Å². The minimum absolute atomic E-state index is 0.238. The fraction of sp³-hybridized carbons (Fsp3) is 0.0500. The second-order valence-corrected chi connectivity index (χ2v) is 6.99. The van der Waals surface area contributed by atoms with Crippen LogP contribution in [0, 0.1) is 0 Å². The van der Waals surface area contributed by atoms with Crippen LogP contribution in [0.1, 0.15) is 6.92 Å². The highest BCUT2D eigenvalue weighted by Gasteiger charge is 2.26. The van der Waals surface area contributed by atoms with Crippen LogP contribution in [0.2, 0.25) is 0 Å². The highest BCUT2D eigenvalue weighted by atomic mass is 79.9. The van der Waals surface area contributed by atoms with E-state index in [4.69, 9.17) is 0 Å². The molecule has 0 aliphatic carbocycles. The van der Waals surface area contributed by atoms with E-state index in [-0.39, 0.29) is 5.91 Å². The Morgan fingerprint density at radius 1 is 1.04 bits per heavy atom. The first kappa shape index (κ1) is 18.0. The first-order valence-electron chi connectivity index (χ1n) is 8.33. The summed E-state index contributed by atoms with van der Waals surface area (Å²) in [5.41, 5.74) is 1.60. The van der Waals surface area contributed by atoms with Crippen molar-refractivity contribution in [3.8, 4) is 0 Å². The van der Waals surface area contributed by atoms with Crippen molar-refractivity contribution in [2.24, 2.45) is 0 Å². The maximum absolute atomic E-state index is 12.5. The number of imide groups is 1. The largest absolute Gasteiger partial charge is 0.274 e. The summed E-state index contributed by atoms with van der Waals surface area (Å²) in [5.74, 6) is -0.709. The number of rotatable bonds is 3. The molecule has 0 spiro atoms. The normalized spacial score (nSPS) is 13.4. The van der Waals surface area contributed by atoms with Crippen LogP contribution in [0.3, 0.4) is 0 Å². The predicted octanol–water partition coefficient (Wildman–Crippen LogP) is 3.51. The van der Waals surface area contributed by atoms with Gasteiger partial charge in [-0.15, -0.1) is 0 Å². The van der Waals surface area contributed by atoms with Crippen LogP contribution < -0.4 is 9.80 Å². The smallest absolute Gasteiger partial charge is 0.258 e. The number of fused-ring (bicyclic) bond motifs is 1. The molecule has 1 aliphatic heterocycles. The van der Waals surface area contributed by atoms with E-state index in [0.717, 1.165) is 9.37 Å². The zero-order chi connectivity index (χ0) is 19.8. The molecule has 0 bridgehead atoms. The number of aromatic nitrogens is 2. The van der Waals surface area contributed by atoms with Crippen LogP contribution >= 0.6 is 15.9 Å². The van der Waals surface area contributed by atoms with Crippen molar-refractivity contribution in [1.82, 2.24) is 9.97 Å². The molecule has 3 amide bonds. The van der Waals surface area contributed by atoms with Crippen molar-refractivity contribution in [1.29, 1.82) is 0 Å². The fourth-order valence-corrected chi connectivity index (χ4v) is 3.46. The zero-order valence-corrected chi connectivity index (χ0v) is 16.3. The number of carbonyl (C=O) groups is 3. The van der Waals surface area contributed by atoms with Crippen LogP contribution in [0.5, 0.6) is 0 Å². The van der Waals surface area contributed by atoms with Gasteiger partial charge in [0.15, 0.2) is 5.82 Å². The van der Waals surface area contributed by atoms with Gasteiger partial charge in [-0.2, -0.15) is 0 Å². The topological polar surface area (TPSA) is 83.5 Å². The molecule has 1 aromatic heterocycles. The number of hydrogen-bond donors (Lipinski definition) is 0. The summed E-state index contributed by atoms with van der Waals surface area (Å²) < 4.78 is 0.814. The van der Waals surface area contributed by atoms with Gasteiger partial charge in [0.2, 0.25) is 5.91 Å². The van der Waals surface area contributed by atoms with Gasteiger partial charge in [-0.25, -0.2) is 14.9 Å².